The van der Waals surface area contributed by atoms with E-state index in [4.69, 9.17) is 20.8 Å². The van der Waals surface area contributed by atoms with Gasteiger partial charge in [0.05, 0.1) is 12.7 Å². The topological polar surface area (TPSA) is 22.4 Å². The van der Waals surface area contributed by atoms with Crippen LogP contribution in [0.1, 0.15) is 0 Å². The van der Waals surface area contributed by atoms with Crippen LogP contribution in [0.5, 0.6) is 5.95 Å². The summed E-state index contributed by atoms with van der Waals surface area (Å²) >= 11 is 7.49. The Labute approximate surface area is 132 Å². The summed E-state index contributed by atoms with van der Waals surface area (Å²) in [4.78, 5) is 1.12. The molecule has 0 N–H and O–H groups in total. The summed E-state index contributed by atoms with van der Waals surface area (Å²) < 4.78 is 11.1. The molecular weight excluding hydrogens is 304 g/mol. The second kappa shape index (κ2) is 6.29. The maximum atomic E-state index is 5.93. The van der Waals surface area contributed by atoms with E-state index in [1.54, 1.807) is 18.9 Å². The summed E-state index contributed by atoms with van der Waals surface area (Å²) in [6, 6.07) is 19.7. The number of furan rings is 1. The molecule has 1 heterocycles. The van der Waals surface area contributed by atoms with E-state index >= 15 is 0 Å². The first-order valence-electron chi connectivity index (χ1n) is 6.43. The number of ether oxygens (including phenoxy) is 1. The van der Waals surface area contributed by atoms with Crippen LogP contribution in [-0.2, 0) is 0 Å². The number of hydrogen-bond acceptors (Lipinski definition) is 3. The molecular formula is C17H13ClO2S. The molecule has 0 amide bonds. The zero-order valence-corrected chi connectivity index (χ0v) is 12.9. The molecule has 3 aromatic rings. The summed E-state index contributed by atoms with van der Waals surface area (Å²) in [7, 11) is 1.61. The molecule has 0 fully saturated rings. The quantitative estimate of drug-likeness (QED) is 0.611. The Hall–Kier alpha value is -1.84. The Kier molecular flexibility index (Phi) is 4.23. The van der Waals surface area contributed by atoms with Crippen molar-refractivity contribution >= 4 is 23.4 Å². The summed E-state index contributed by atoms with van der Waals surface area (Å²) in [5.41, 5.74) is 1.94. The molecule has 0 radical (unpaired) electrons. The Morgan fingerprint density at radius 2 is 1.71 bits per heavy atom. The standard InChI is InChI=1S/C17H13ClO2S/c1-19-17-15(12-7-9-13(18)10-8-12)11-16(20-17)21-14-5-3-2-4-6-14/h2-11H,1H3. The first kappa shape index (κ1) is 14.1. The minimum Gasteiger partial charge on any atom is -0.468 e. The molecule has 2 aromatic carbocycles. The molecule has 0 aliphatic carbocycles. The molecule has 0 atom stereocenters. The van der Waals surface area contributed by atoms with E-state index in [9.17, 15) is 0 Å². The molecule has 0 aliphatic rings. The maximum absolute atomic E-state index is 5.93. The minimum atomic E-state index is 0.510. The Morgan fingerprint density at radius 3 is 2.38 bits per heavy atom. The van der Waals surface area contributed by atoms with E-state index in [1.165, 1.54) is 0 Å². The van der Waals surface area contributed by atoms with E-state index < -0.39 is 0 Å². The molecule has 0 unspecified atom stereocenters. The van der Waals surface area contributed by atoms with E-state index in [1.807, 2.05) is 60.7 Å². The van der Waals surface area contributed by atoms with E-state index in [-0.39, 0.29) is 0 Å². The number of benzene rings is 2. The predicted molar refractivity (Wildman–Crippen MR) is 86.3 cm³/mol. The van der Waals surface area contributed by atoms with Gasteiger partial charge in [0, 0.05) is 16.0 Å². The second-order valence-corrected chi connectivity index (χ2v) is 5.91. The predicted octanol–water partition coefficient (Wildman–Crippen LogP) is 5.76. The van der Waals surface area contributed by atoms with Gasteiger partial charge in [-0.2, -0.15) is 0 Å². The van der Waals surface area contributed by atoms with Gasteiger partial charge in [0.15, 0.2) is 5.09 Å². The Bertz CT molecular complexity index is 720. The number of halogens is 1. The first-order valence-corrected chi connectivity index (χ1v) is 7.62. The van der Waals surface area contributed by atoms with Gasteiger partial charge < -0.3 is 9.15 Å². The maximum Gasteiger partial charge on any atom is 0.293 e. The molecule has 106 valence electrons. The van der Waals surface area contributed by atoms with Gasteiger partial charge >= 0.3 is 0 Å². The van der Waals surface area contributed by atoms with Crippen LogP contribution in [0.4, 0.5) is 0 Å². The number of rotatable bonds is 4. The lowest BCUT2D eigenvalue weighted by Crippen LogP contribution is -1.82. The van der Waals surface area contributed by atoms with E-state index in [0.29, 0.717) is 11.0 Å². The average Bonchev–Trinajstić information content (AvgIpc) is 2.92. The second-order valence-electron chi connectivity index (χ2n) is 4.39. The SMILES string of the molecule is COc1oc(Sc2ccccc2)cc1-c1ccc(Cl)cc1. The van der Waals surface area contributed by atoms with Crippen molar-refractivity contribution in [2.45, 2.75) is 9.99 Å². The number of hydrogen-bond donors (Lipinski definition) is 0. The zero-order valence-electron chi connectivity index (χ0n) is 11.4. The molecule has 0 saturated heterocycles. The fourth-order valence-electron chi connectivity index (χ4n) is 1.99. The number of methoxy groups -OCH3 is 1. The fourth-order valence-corrected chi connectivity index (χ4v) is 2.94. The molecule has 3 rings (SSSR count). The van der Waals surface area contributed by atoms with Crippen LogP contribution in [0.15, 0.2) is 75.1 Å². The van der Waals surface area contributed by atoms with Crippen LogP contribution in [-0.4, -0.2) is 7.11 Å². The smallest absolute Gasteiger partial charge is 0.293 e. The summed E-state index contributed by atoms with van der Waals surface area (Å²) in [6.07, 6.45) is 0. The average molecular weight is 317 g/mol. The Morgan fingerprint density at radius 1 is 1.00 bits per heavy atom. The lowest BCUT2D eigenvalue weighted by Gasteiger charge is -2.00. The highest BCUT2D eigenvalue weighted by Crippen LogP contribution is 2.39. The largest absolute Gasteiger partial charge is 0.468 e. The highest BCUT2D eigenvalue weighted by Gasteiger charge is 2.14. The van der Waals surface area contributed by atoms with Crippen molar-refractivity contribution in [1.82, 2.24) is 0 Å². The van der Waals surface area contributed by atoms with Crippen LogP contribution in [0.25, 0.3) is 11.1 Å². The normalized spacial score (nSPS) is 10.6. The van der Waals surface area contributed by atoms with Gasteiger partial charge in [0.2, 0.25) is 0 Å². The van der Waals surface area contributed by atoms with Crippen LogP contribution >= 0.6 is 23.4 Å². The molecule has 21 heavy (non-hydrogen) atoms. The third-order valence-electron chi connectivity index (χ3n) is 2.98. The van der Waals surface area contributed by atoms with Crippen LogP contribution in [0, 0.1) is 0 Å². The summed E-state index contributed by atoms with van der Waals surface area (Å²) in [5.74, 6) is 0.510. The third-order valence-corrected chi connectivity index (χ3v) is 4.14. The molecule has 0 aliphatic heterocycles. The summed E-state index contributed by atoms with van der Waals surface area (Å²) in [6.45, 7) is 0. The zero-order chi connectivity index (χ0) is 14.7. The first-order chi connectivity index (χ1) is 10.3. The molecule has 0 saturated carbocycles. The van der Waals surface area contributed by atoms with Gasteiger partial charge in [-0.15, -0.1) is 0 Å². The van der Waals surface area contributed by atoms with Crippen molar-refractivity contribution in [2.24, 2.45) is 0 Å². The monoisotopic (exact) mass is 316 g/mol. The van der Waals surface area contributed by atoms with Crippen molar-refractivity contribution in [3.8, 4) is 17.1 Å². The third kappa shape index (κ3) is 3.26. The molecule has 4 heteroatoms. The minimum absolute atomic E-state index is 0.510. The van der Waals surface area contributed by atoms with Crippen molar-refractivity contribution in [3.05, 3.63) is 65.7 Å². The molecule has 0 bridgehead atoms. The van der Waals surface area contributed by atoms with E-state index in [2.05, 4.69) is 0 Å². The van der Waals surface area contributed by atoms with Crippen LogP contribution in [0.2, 0.25) is 5.02 Å². The van der Waals surface area contributed by atoms with Gasteiger partial charge in [0.25, 0.3) is 5.95 Å². The van der Waals surface area contributed by atoms with Crippen molar-refractivity contribution in [2.75, 3.05) is 7.11 Å². The molecule has 1 aromatic heterocycles. The van der Waals surface area contributed by atoms with Gasteiger partial charge in [-0.25, -0.2) is 0 Å². The van der Waals surface area contributed by atoms with Crippen molar-refractivity contribution < 1.29 is 9.15 Å². The summed E-state index contributed by atoms with van der Waals surface area (Å²) in [5, 5.41) is 1.50. The van der Waals surface area contributed by atoms with Crippen molar-refractivity contribution in [1.29, 1.82) is 0 Å². The highest BCUT2D eigenvalue weighted by molar-refractivity contribution is 7.99. The van der Waals surface area contributed by atoms with Gasteiger partial charge in [0.1, 0.15) is 0 Å². The van der Waals surface area contributed by atoms with E-state index in [0.717, 1.165) is 21.1 Å². The lowest BCUT2D eigenvalue weighted by atomic mass is 10.1. The molecule has 0 spiro atoms. The van der Waals surface area contributed by atoms with Gasteiger partial charge in [-0.1, -0.05) is 53.7 Å². The molecule has 2 nitrogen and oxygen atoms in total. The lowest BCUT2D eigenvalue weighted by molar-refractivity contribution is 0.281. The van der Waals surface area contributed by atoms with Gasteiger partial charge in [-0.05, 0) is 29.8 Å². The van der Waals surface area contributed by atoms with Crippen molar-refractivity contribution in [3.63, 3.8) is 0 Å². The fraction of sp³-hybridized carbons (Fsp3) is 0.0588. The highest BCUT2D eigenvalue weighted by atomic mass is 35.5. The van der Waals surface area contributed by atoms with Gasteiger partial charge in [-0.3, -0.25) is 0 Å². The Balaban J connectivity index is 1.93. The van der Waals surface area contributed by atoms with Crippen LogP contribution < -0.4 is 4.74 Å². The van der Waals surface area contributed by atoms with Crippen LogP contribution in [0.3, 0.4) is 0 Å².